The average Bonchev–Trinajstić information content (AvgIpc) is 2.39. The van der Waals surface area contributed by atoms with Crippen LogP contribution < -0.4 is 10.2 Å². The molecule has 0 spiro atoms. The predicted molar refractivity (Wildman–Crippen MR) is 80.8 cm³/mol. The first kappa shape index (κ1) is 13.4. The van der Waals surface area contributed by atoms with Crippen LogP contribution in [0.1, 0.15) is 20.3 Å². The molecule has 0 saturated carbocycles. The van der Waals surface area contributed by atoms with Crippen molar-refractivity contribution >= 4 is 37.5 Å². The van der Waals surface area contributed by atoms with Crippen LogP contribution in [0.5, 0.6) is 0 Å². The van der Waals surface area contributed by atoms with Crippen molar-refractivity contribution in [2.24, 2.45) is 0 Å². The van der Waals surface area contributed by atoms with E-state index >= 15 is 0 Å². The van der Waals surface area contributed by atoms with Crippen molar-refractivity contribution in [1.82, 2.24) is 5.32 Å². The highest BCUT2D eigenvalue weighted by molar-refractivity contribution is 9.11. The van der Waals surface area contributed by atoms with Crippen molar-refractivity contribution in [2.45, 2.75) is 25.8 Å². The van der Waals surface area contributed by atoms with Crippen LogP contribution in [-0.2, 0) is 0 Å². The monoisotopic (exact) mass is 360 g/mol. The molecule has 1 aliphatic rings. The molecule has 2 rings (SSSR count). The molecule has 4 heteroatoms. The van der Waals surface area contributed by atoms with Crippen molar-refractivity contribution in [2.75, 3.05) is 24.5 Å². The van der Waals surface area contributed by atoms with Gasteiger partial charge in [-0.3, -0.25) is 0 Å². The lowest BCUT2D eigenvalue weighted by Gasteiger charge is -2.32. The van der Waals surface area contributed by atoms with Crippen molar-refractivity contribution in [1.29, 1.82) is 0 Å². The highest BCUT2D eigenvalue weighted by Crippen LogP contribution is 2.31. The normalized spacial score (nSPS) is 20.1. The van der Waals surface area contributed by atoms with E-state index in [1.54, 1.807) is 0 Å². The number of rotatable bonds is 1. The molecule has 1 saturated heterocycles. The topological polar surface area (TPSA) is 15.3 Å². The quantitative estimate of drug-likeness (QED) is 0.818. The van der Waals surface area contributed by atoms with Gasteiger partial charge in [0.2, 0.25) is 0 Å². The Morgan fingerprint density at radius 2 is 2.06 bits per heavy atom. The summed E-state index contributed by atoms with van der Waals surface area (Å²) in [4.78, 5) is 2.45. The minimum absolute atomic E-state index is 0.170. The first-order valence-electron chi connectivity index (χ1n) is 5.93. The van der Waals surface area contributed by atoms with Gasteiger partial charge < -0.3 is 10.2 Å². The molecule has 0 unspecified atom stereocenters. The van der Waals surface area contributed by atoms with E-state index in [2.05, 4.69) is 74.1 Å². The third-order valence-corrected chi connectivity index (χ3v) is 4.17. The van der Waals surface area contributed by atoms with Crippen LogP contribution in [0.2, 0.25) is 0 Å². The summed E-state index contributed by atoms with van der Waals surface area (Å²) < 4.78 is 2.27. The summed E-state index contributed by atoms with van der Waals surface area (Å²) >= 11 is 7.15. The maximum absolute atomic E-state index is 3.65. The zero-order chi connectivity index (χ0) is 12.5. The molecule has 94 valence electrons. The van der Waals surface area contributed by atoms with Crippen LogP contribution in [0.15, 0.2) is 27.1 Å². The fraction of sp³-hybridized carbons (Fsp3) is 0.538. The molecule has 1 N–H and O–H groups in total. The number of hydrogen-bond acceptors (Lipinski definition) is 2. The van der Waals surface area contributed by atoms with Crippen LogP contribution >= 0.6 is 31.9 Å². The van der Waals surface area contributed by atoms with Crippen molar-refractivity contribution in [3.05, 3.63) is 27.1 Å². The highest BCUT2D eigenvalue weighted by atomic mass is 79.9. The van der Waals surface area contributed by atoms with E-state index in [0.29, 0.717) is 0 Å². The first-order chi connectivity index (χ1) is 7.98. The molecule has 1 aromatic rings. The van der Waals surface area contributed by atoms with Crippen molar-refractivity contribution in [3.8, 4) is 0 Å². The molecule has 17 heavy (non-hydrogen) atoms. The standard InChI is InChI=1S/C13H18Br2N2/c1-13(2)9-17(7-3-6-16-13)12-5-4-10(14)8-11(12)15/h4-5,8,16H,3,6-7,9H2,1-2H3. The number of nitrogens with one attached hydrogen (secondary N) is 1. The fourth-order valence-corrected chi connectivity index (χ4v) is 3.55. The lowest BCUT2D eigenvalue weighted by Crippen LogP contribution is -2.46. The van der Waals surface area contributed by atoms with Gasteiger partial charge in [-0.25, -0.2) is 0 Å². The van der Waals surface area contributed by atoms with Crippen LogP contribution in [0.25, 0.3) is 0 Å². The summed E-state index contributed by atoms with van der Waals surface area (Å²) in [7, 11) is 0. The Bertz CT molecular complexity index is 404. The Morgan fingerprint density at radius 1 is 1.29 bits per heavy atom. The Hall–Kier alpha value is -0.0600. The molecule has 1 aromatic carbocycles. The molecule has 1 aliphatic heterocycles. The minimum Gasteiger partial charge on any atom is -0.369 e. The Kier molecular flexibility index (Phi) is 4.16. The molecule has 0 atom stereocenters. The van der Waals surface area contributed by atoms with Gasteiger partial charge in [0.15, 0.2) is 0 Å². The number of nitrogens with zero attached hydrogens (tertiary/aromatic N) is 1. The molecule has 0 aromatic heterocycles. The van der Waals surface area contributed by atoms with E-state index in [0.717, 1.165) is 28.6 Å². The maximum Gasteiger partial charge on any atom is 0.0512 e. The average molecular weight is 362 g/mol. The highest BCUT2D eigenvalue weighted by Gasteiger charge is 2.24. The van der Waals surface area contributed by atoms with Gasteiger partial charge in [-0.2, -0.15) is 0 Å². The molecule has 0 radical (unpaired) electrons. The van der Waals surface area contributed by atoms with E-state index in [1.807, 2.05) is 0 Å². The number of anilines is 1. The zero-order valence-electron chi connectivity index (χ0n) is 10.3. The van der Waals surface area contributed by atoms with E-state index < -0.39 is 0 Å². The minimum atomic E-state index is 0.170. The summed E-state index contributed by atoms with van der Waals surface area (Å²) in [6.45, 7) is 7.76. The third-order valence-electron chi connectivity index (χ3n) is 3.04. The van der Waals surface area contributed by atoms with Gasteiger partial charge in [0.25, 0.3) is 0 Å². The van der Waals surface area contributed by atoms with Gasteiger partial charge in [0, 0.05) is 27.6 Å². The van der Waals surface area contributed by atoms with Gasteiger partial charge in [0.1, 0.15) is 0 Å². The van der Waals surface area contributed by atoms with Crippen LogP contribution in [0, 0.1) is 0 Å². The third kappa shape index (κ3) is 3.46. The lowest BCUT2D eigenvalue weighted by atomic mass is 10.1. The second kappa shape index (κ2) is 5.29. The number of benzene rings is 1. The van der Waals surface area contributed by atoms with E-state index in [-0.39, 0.29) is 5.54 Å². The lowest BCUT2D eigenvalue weighted by molar-refractivity contribution is 0.416. The van der Waals surface area contributed by atoms with Gasteiger partial charge in [-0.15, -0.1) is 0 Å². The Balaban J connectivity index is 2.25. The molecule has 1 fully saturated rings. The summed E-state index contributed by atoms with van der Waals surface area (Å²) in [5.41, 5.74) is 1.45. The number of hydrogen-bond donors (Lipinski definition) is 1. The second-order valence-corrected chi connectivity index (χ2v) is 6.95. The Labute approximate surface area is 120 Å². The van der Waals surface area contributed by atoms with Crippen LogP contribution in [0.4, 0.5) is 5.69 Å². The molecular weight excluding hydrogens is 344 g/mol. The summed E-state index contributed by atoms with van der Waals surface area (Å²) in [5.74, 6) is 0. The van der Waals surface area contributed by atoms with Gasteiger partial charge in [0.05, 0.1) is 5.69 Å². The molecule has 0 amide bonds. The molecule has 0 bridgehead atoms. The van der Waals surface area contributed by atoms with Crippen molar-refractivity contribution < 1.29 is 0 Å². The SMILES string of the molecule is CC1(C)CN(c2ccc(Br)cc2Br)CCCN1. The molecule has 1 heterocycles. The van der Waals surface area contributed by atoms with E-state index in [9.17, 15) is 0 Å². The van der Waals surface area contributed by atoms with Gasteiger partial charge >= 0.3 is 0 Å². The Morgan fingerprint density at radius 3 is 2.76 bits per heavy atom. The molecular formula is C13H18Br2N2. The predicted octanol–water partition coefficient (Wildman–Crippen LogP) is 3.79. The van der Waals surface area contributed by atoms with Gasteiger partial charge in [-0.05, 0) is 60.9 Å². The van der Waals surface area contributed by atoms with Gasteiger partial charge in [-0.1, -0.05) is 15.9 Å². The maximum atomic E-state index is 3.65. The largest absolute Gasteiger partial charge is 0.369 e. The van der Waals surface area contributed by atoms with Crippen molar-refractivity contribution in [3.63, 3.8) is 0 Å². The molecule has 2 nitrogen and oxygen atoms in total. The summed E-state index contributed by atoms with van der Waals surface area (Å²) in [5, 5.41) is 3.59. The van der Waals surface area contributed by atoms with E-state index in [1.165, 1.54) is 12.1 Å². The fourth-order valence-electron chi connectivity index (χ4n) is 2.25. The summed E-state index contributed by atoms with van der Waals surface area (Å²) in [6, 6.07) is 6.39. The van der Waals surface area contributed by atoms with E-state index in [4.69, 9.17) is 0 Å². The summed E-state index contributed by atoms with van der Waals surface area (Å²) in [6.07, 6.45) is 1.19. The second-order valence-electron chi connectivity index (χ2n) is 5.18. The zero-order valence-corrected chi connectivity index (χ0v) is 13.4. The van der Waals surface area contributed by atoms with Crippen LogP contribution in [0.3, 0.4) is 0 Å². The molecule has 0 aliphatic carbocycles. The number of halogens is 2. The smallest absolute Gasteiger partial charge is 0.0512 e. The van der Waals surface area contributed by atoms with Crippen LogP contribution in [-0.4, -0.2) is 25.2 Å². The first-order valence-corrected chi connectivity index (χ1v) is 7.52.